The molecular weight excluding hydrogens is 282 g/mol. The lowest BCUT2D eigenvalue weighted by molar-refractivity contribution is 0.102. The number of halogens is 2. The molecule has 1 N–H and O–H groups in total. The van der Waals surface area contributed by atoms with Crippen molar-refractivity contribution >= 4 is 33.1 Å². The van der Waals surface area contributed by atoms with Crippen molar-refractivity contribution in [2.24, 2.45) is 0 Å². The average molecular weight is 290 g/mol. The molecule has 0 spiro atoms. The molecule has 3 nitrogen and oxygen atoms in total. The van der Waals surface area contributed by atoms with Gasteiger partial charge >= 0.3 is 0 Å². The van der Waals surface area contributed by atoms with Gasteiger partial charge in [-0.05, 0) is 30.3 Å². The van der Waals surface area contributed by atoms with Gasteiger partial charge in [-0.1, -0.05) is 0 Å². The molecule has 3 rings (SSSR count). The van der Waals surface area contributed by atoms with E-state index in [0.717, 1.165) is 22.3 Å². The number of thiazole rings is 1. The second-order valence-electron chi connectivity index (χ2n) is 4.12. The van der Waals surface area contributed by atoms with E-state index in [2.05, 4.69) is 10.3 Å². The summed E-state index contributed by atoms with van der Waals surface area (Å²) in [6.07, 6.45) is 0. The Kier molecular flexibility index (Phi) is 3.15. The highest BCUT2D eigenvalue weighted by molar-refractivity contribution is 7.16. The lowest BCUT2D eigenvalue weighted by atomic mass is 10.2. The highest BCUT2D eigenvalue weighted by Crippen LogP contribution is 2.20. The van der Waals surface area contributed by atoms with Gasteiger partial charge in [0.25, 0.3) is 5.91 Å². The Bertz CT molecular complexity index is 801. The van der Waals surface area contributed by atoms with Crippen LogP contribution in [0.2, 0.25) is 0 Å². The fraction of sp³-hybridized carbons (Fsp3) is 0. The van der Waals surface area contributed by atoms with E-state index in [4.69, 9.17) is 0 Å². The number of hydrogen-bond donors (Lipinski definition) is 1. The molecule has 0 aliphatic rings. The number of anilines is 1. The van der Waals surface area contributed by atoms with E-state index in [-0.39, 0.29) is 11.6 Å². The predicted octanol–water partition coefficient (Wildman–Crippen LogP) is 3.83. The van der Waals surface area contributed by atoms with Crippen molar-refractivity contribution in [3.63, 3.8) is 0 Å². The van der Waals surface area contributed by atoms with Gasteiger partial charge < -0.3 is 5.32 Å². The van der Waals surface area contributed by atoms with Crippen LogP contribution in [0.15, 0.2) is 41.9 Å². The minimum Gasteiger partial charge on any atom is -0.322 e. The maximum absolute atomic E-state index is 13.1. The van der Waals surface area contributed by atoms with E-state index in [1.54, 1.807) is 23.7 Å². The Hall–Kier alpha value is -2.34. The van der Waals surface area contributed by atoms with Crippen LogP contribution >= 0.6 is 11.3 Å². The molecule has 1 aromatic heterocycles. The zero-order valence-electron chi connectivity index (χ0n) is 10.1. The largest absolute Gasteiger partial charge is 0.322 e. The highest BCUT2D eigenvalue weighted by Gasteiger charge is 2.09. The Balaban J connectivity index is 1.86. The SMILES string of the molecule is O=C(Nc1ccc(F)c(F)c1)c1ccc2ncsc2c1. The average Bonchev–Trinajstić information content (AvgIpc) is 2.90. The summed E-state index contributed by atoms with van der Waals surface area (Å²) in [6, 6.07) is 8.31. The van der Waals surface area contributed by atoms with Crippen molar-refractivity contribution in [1.82, 2.24) is 4.98 Å². The number of benzene rings is 2. The van der Waals surface area contributed by atoms with Gasteiger partial charge in [0.05, 0.1) is 15.7 Å². The van der Waals surface area contributed by atoms with Crippen molar-refractivity contribution in [2.45, 2.75) is 0 Å². The van der Waals surface area contributed by atoms with E-state index in [1.165, 1.54) is 17.4 Å². The molecule has 1 amide bonds. The molecule has 3 aromatic rings. The van der Waals surface area contributed by atoms with Crippen LogP contribution in [0.25, 0.3) is 10.2 Å². The molecule has 1 heterocycles. The smallest absolute Gasteiger partial charge is 0.255 e. The molecule has 0 bridgehead atoms. The van der Waals surface area contributed by atoms with Crippen molar-refractivity contribution < 1.29 is 13.6 Å². The Morgan fingerprint density at radius 3 is 2.75 bits per heavy atom. The third-order valence-corrected chi connectivity index (χ3v) is 3.56. The van der Waals surface area contributed by atoms with Gasteiger partial charge in [0.1, 0.15) is 0 Å². The molecule has 2 aromatic carbocycles. The first-order valence-electron chi connectivity index (χ1n) is 5.73. The maximum Gasteiger partial charge on any atom is 0.255 e. The highest BCUT2D eigenvalue weighted by atomic mass is 32.1. The van der Waals surface area contributed by atoms with Crippen LogP contribution < -0.4 is 5.32 Å². The first-order valence-corrected chi connectivity index (χ1v) is 6.61. The molecule has 0 fully saturated rings. The summed E-state index contributed by atoms with van der Waals surface area (Å²) in [7, 11) is 0. The first kappa shape index (κ1) is 12.7. The van der Waals surface area contributed by atoms with Crippen LogP contribution in [0.3, 0.4) is 0 Å². The number of amides is 1. The van der Waals surface area contributed by atoms with E-state index < -0.39 is 11.6 Å². The molecule has 0 unspecified atom stereocenters. The summed E-state index contributed by atoms with van der Waals surface area (Å²) in [6.45, 7) is 0. The normalized spacial score (nSPS) is 10.7. The van der Waals surface area contributed by atoms with Gasteiger partial charge in [-0.2, -0.15) is 0 Å². The van der Waals surface area contributed by atoms with Crippen LogP contribution in [-0.4, -0.2) is 10.9 Å². The van der Waals surface area contributed by atoms with Gasteiger partial charge in [0.2, 0.25) is 0 Å². The van der Waals surface area contributed by atoms with E-state index in [1.807, 2.05) is 0 Å². The fourth-order valence-electron chi connectivity index (χ4n) is 1.77. The van der Waals surface area contributed by atoms with Gasteiger partial charge in [0.15, 0.2) is 11.6 Å². The minimum absolute atomic E-state index is 0.207. The lowest BCUT2D eigenvalue weighted by Gasteiger charge is -2.05. The monoisotopic (exact) mass is 290 g/mol. The number of aromatic nitrogens is 1. The maximum atomic E-state index is 13.1. The summed E-state index contributed by atoms with van der Waals surface area (Å²) in [5.41, 5.74) is 3.16. The number of nitrogens with zero attached hydrogens (tertiary/aromatic N) is 1. The van der Waals surface area contributed by atoms with Crippen molar-refractivity contribution in [3.05, 3.63) is 59.1 Å². The quantitative estimate of drug-likeness (QED) is 0.779. The third-order valence-electron chi connectivity index (χ3n) is 2.77. The number of hydrogen-bond acceptors (Lipinski definition) is 3. The third kappa shape index (κ3) is 2.37. The molecule has 6 heteroatoms. The fourth-order valence-corrected chi connectivity index (χ4v) is 2.49. The predicted molar refractivity (Wildman–Crippen MR) is 73.9 cm³/mol. The van der Waals surface area contributed by atoms with Crippen LogP contribution in [0.4, 0.5) is 14.5 Å². The number of fused-ring (bicyclic) bond motifs is 1. The Labute approximate surface area is 116 Å². The Morgan fingerprint density at radius 2 is 1.95 bits per heavy atom. The lowest BCUT2D eigenvalue weighted by Crippen LogP contribution is -2.12. The molecule has 0 saturated carbocycles. The molecular formula is C14H8F2N2OS. The second kappa shape index (κ2) is 4.97. The molecule has 0 saturated heterocycles. The minimum atomic E-state index is -0.999. The summed E-state index contributed by atoms with van der Waals surface area (Å²) in [5.74, 6) is -2.33. The van der Waals surface area contributed by atoms with Crippen LogP contribution in [0, 0.1) is 11.6 Å². The topological polar surface area (TPSA) is 42.0 Å². The molecule has 0 aliphatic heterocycles. The zero-order chi connectivity index (χ0) is 14.1. The summed E-state index contributed by atoms with van der Waals surface area (Å²) < 4.78 is 26.8. The summed E-state index contributed by atoms with van der Waals surface area (Å²) in [5, 5.41) is 2.52. The van der Waals surface area contributed by atoms with Crippen molar-refractivity contribution in [2.75, 3.05) is 5.32 Å². The van der Waals surface area contributed by atoms with Gasteiger partial charge in [-0.3, -0.25) is 4.79 Å². The molecule has 0 atom stereocenters. The van der Waals surface area contributed by atoms with Crippen LogP contribution in [0.5, 0.6) is 0 Å². The first-order chi connectivity index (χ1) is 9.63. The zero-order valence-corrected chi connectivity index (χ0v) is 10.9. The standard InChI is InChI=1S/C14H8F2N2OS/c15-10-3-2-9(6-11(10)16)18-14(19)8-1-4-12-13(5-8)20-7-17-12/h1-7H,(H,18,19). The summed E-state index contributed by atoms with van der Waals surface area (Å²) >= 11 is 1.43. The van der Waals surface area contributed by atoms with Crippen molar-refractivity contribution in [3.8, 4) is 0 Å². The van der Waals surface area contributed by atoms with Crippen LogP contribution in [0.1, 0.15) is 10.4 Å². The summed E-state index contributed by atoms with van der Waals surface area (Å²) in [4.78, 5) is 16.2. The van der Waals surface area contributed by atoms with E-state index >= 15 is 0 Å². The molecule has 0 radical (unpaired) electrons. The van der Waals surface area contributed by atoms with Gasteiger partial charge in [0, 0.05) is 17.3 Å². The molecule has 0 aliphatic carbocycles. The number of rotatable bonds is 2. The van der Waals surface area contributed by atoms with Crippen LogP contribution in [-0.2, 0) is 0 Å². The second-order valence-corrected chi connectivity index (χ2v) is 5.00. The van der Waals surface area contributed by atoms with Crippen molar-refractivity contribution in [1.29, 1.82) is 0 Å². The number of carbonyl (C=O) groups is 1. The van der Waals surface area contributed by atoms with E-state index in [9.17, 15) is 13.6 Å². The molecule has 20 heavy (non-hydrogen) atoms. The Morgan fingerprint density at radius 1 is 1.10 bits per heavy atom. The van der Waals surface area contributed by atoms with E-state index in [0.29, 0.717) is 5.56 Å². The van der Waals surface area contributed by atoms with Gasteiger partial charge in [-0.15, -0.1) is 11.3 Å². The van der Waals surface area contributed by atoms with Gasteiger partial charge in [-0.25, -0.2) is 13.8 Å². The number of nitrogens with one attached hydrogen (secondary N) is 1. The number of carbonyl (C=O) groups excluding carboxylic acids is 1. The molecule has 100 valence electrons.